The quantitative estimate of drug-likeness (QED) is 0.718. The van der Waals surface area contributed by atoms with Crippen molar-refractivity contribution < 1.29 is 4.79 Å². The summed E-state index contributed by atoms with van der Waals surface area (Å²) in [5.41, 5.74) is 3.09. The molecule has 2 aromatic heterocycles. The summed E-state index contributed by atoms with van der Waals surface area (Å²) in [4.78, 5) is 20.5. The Hall–Kier alpha value is -2.37. The number of aryl methyl sites for hydroxylation is 1. The topological polar surface area (TPSA) is 66.9 Å². The van der Waals surface area contributed by atoms with Gasteiger partial charge in [-0.25, -0.2) is 4.79 Å². The van der Waals surface area contributed by atoms with Crippen LogP contribution in [0.1, 0.15) is 5.69 Å². The van der Waals surface area contributed by atoms with Gasteiger partial charge >= 0.3 is 6.03 Å². The van der Waals surface area contributed by atoms with Gasteiger partial charge in [0, 0.05) is 17.3 Å². The zero-order valence-corrected chi connectivity index (χ0v) is 13.9. The van der Waals surface area contributed by atoms with Gasteiger partial charge in [-0.15, -0.1) is 24.8 Å². The molecule has 0 radical (unpaired) electrons. The molecule has 0 aliphatic heterocycles. The molecule has 0 spiro atoms. The molecular weight excluding hydrogens is 335 g/mol. The third-order valence-corrected chi connectivity index (χ3v) is 3.01. The lowest BCUT2D eigenvalue weighted by Gasteiger charge is -2.10. The first-order valence-corrected chi connectivity index (χ1v) is 6.57. The van der Waals surface area contributed by atoms with E-state index in [1.807, 2.05) is 37.3 Å². The van der Waals surface area contributed by atoms with Crippen LogP contribution in [0.5, 0.6) is 0 Å². The van der Waals surface area contributed by atoms with Crippen molar-refractivity contribution in [3.05, 3.63) is 60.6 Å². The molecule has 120 valence electrons. The Balaban J connectivity index is 0.00000132. The second-order valence-corrected chi connectivity index (χ2v) is 4.65. The highest BCUT2D eigenvalue weighted by Gasteiger charge is 2.07. The fourth-order valence-corrected chi connectivity index (χ4v) is 2.13. The molecule has 0 saturated carbocycles. The summed E-state index contributed by atoms with van der Waals surface area (Å²) in [6, 6.07) is 12.8. The lowest BCUT2D eigenvalue weighted by atomic mass is 10.1. The van der Waals surface area contributed by atoms with Crippen LogP contribution in [0.4, 0.5) is 16.2 Å². The second-order valence-electron chi connectivity index (χ2n) is 4.65. The molecule has 0 aliphatic rings. The average molecular weight is 351 g/mol. The summed E-state index contributed by atoms with van der Waals surface area (Å²) in [6.07, 6.45) is 3.25. The van der Waals surface area contributed by atoms with Gasteiger partial charge < -0.3 is 10.6 Å². The minimum absolute atomic E-state index is 0. The number of nitrogens with zero attached hydrogens (tertiary/aromatic N) is 2. The number of fused-ring (bicyclic) bond motifs is 1. The van der Waals surface area contributed by atoms with E-state index in [0.717, 1.165) is 22.3 Å². The Labute approximate surface area is 146 Å². The van der Waals surface area contributed by atoms with Crippen LogP contribution in [0, 0.1) is 6.92 Å². The van der Waals surface area contributed by atoms with Crippen molar-refractivity contribution in [1.29, 1.82) is 0 Å². The zero-order valence-electron chi connectivity index (χ0n) is 12.3. The number of rotatable bonds is 2. The number of amides is 2. The van der Waals surface area contributed by atoms with Crippen LogP contribution in [-0.4, -0.2) is 16.0 Å². The minimum Gasteiger partial charge on any atom is -0.307 e. The number of para-hydroxylation sites is 1. The molecule has 0 bridgehead atoms. The number of hydrogen-bond donors (Lipinski definition) is 2. The van der Waals surface area contributed by atoms with E-state index in [-0.39, 0.29) is 30.8 Å². The predicted octanol–water partition coefficient (Wildman–Crippen LogP) is 4.43. The van der Waals surface area contributed by atoms with Gasteiger partial charge in [-0.1, -0.05) is 18.2 Å². The van der Waals surface area contributed by atoms with Gasteiger partial charge in [-0.05, 0) is 31.2 Å². The zero-order chi connectivity index (χ0) is 14.7. The maximum Gasteiger partial charge on any atom is 0.323 e. The van der Waals surface area contributed by atoms with Crippen LogP contribution in [0.15, 0.2) is 54.9 Å². The molecule has 7 heteroatoms. The van der Waals surface area contributed by atoms with Crippen molar-refractivity contribution in [2.75, 3.05) is 10.6 Å². The van der Waals surface area contributed by atoms with Crippen LogP contribution < -0.4 is 10.6 Å². The normalized spacial score (nSPS) is 9.43. The van der Waals surface area contributed by atoms with E-state index in [1.165, 1.54) is 0 Å². The van der Waals surface area contributed by atoms with Crippen molar-refractivity contribution in [3.8, 4) is 0 Å². The molecular formula is C16H16Cl2N4O. The summed E-state index contributed by atoms with van der Waals surface area (Å²) >= 11 is 0. The lowest BCUT2D eigenvalue weighted by Crippen LogP contribution is -2.19. The summed E-state index contributed by atoms with van der Waals surface area (Å²) in [5, 5.41) is 6.50. The van der Waals surface area contributed by atoms with Gasteiger partial charge in [0.15, 0.2) is 0 Å². The number of pyridine rings is 2. The van der Waals surface area contributed by atoms with Crippen molar-refractivity contribution in [2.45, 2.75) is 6.92 Å². The maximum atomic E-state index is 12.1. The average Bonchev–Trinajstić information content (AvgIpc) is 2.48. The van der Waals surface area contributed by atoms with Gasteiger partial charge in [0.05, 0.1) is 23.1 Å². The molecule has 0 aliphatic carbocycles. The van der Waals surface area contributed by atoms with Gasteiger partial charge in [0.25, 0.3) is 0 Å². The van der Waals surface area contributed by atoms with E-state index < -0.39 is 0 Å². The van der Waals surface area contributed by atoms with Crippen LogP contribution in [0.25, 0.3) is 10.9 Å². The van der Waals surface area contributed by atoms with Gasteiger partial charge in [0.2, 0.25) is 0 Å². The Morgan fingerprint density at radius 2 is 1.83 bits per heavy atom. The maximum absolute atomic E-state index is 12.1. The van der Waals surface area contributed by atoms with E-state index >= 15 is 0 Å². The minimum atomic E-state index is -0.307. The van der Waals surface area contributed by atoms with E-state index in [4.69, 9.17) is 0 Å². The third-order valence-electron chi connectivity index (χ3n) is 3.01. The first-order chi connectivity index (χ1) is 10.2. The third kappa shape index (κ3) is 4.55. The Bertz CT molecular complexity index is 796. The molecule has 0 saturated heterocycles. The van der Waals surface area contributed by atoms with Crippen LogP contribution in [-0.2, 0) is 0 Å². The number of urea groups is 1. The van der Waals surface area contributed by atoms with Crippen molar-refractivity contribution in [3.63, 3.8) is 0 Å². The summed E-state index contributed by atoms with van der Waals surface area (Å²) in [5.74, 6) is 0. The molecule has 3 aromatic rings. The highest BCUT2D eigenvalue weighted by atomic mass is 35.5. The first kappa shape index (κ1) is 18.7. The Kier molecular flexibility index (Phi) is 6.75. The molecule has 0 fully saturated rings. The fourth-order valence-electron chi connectivity index (χ4n) is 2.13. The molecule has 3 rings (SSSR count). The molecule has 1 aromatic carbocycles. The summed E-state index contributed by atoms with van der Waals surface area (Å²) < 4.78 is 0. The van der Waals surface area contributed by atoms with Gasteiger partial charge in [-0.3, -0.25) is 9.97 Å². The first-order valence-electron chi connectivity index (χ1n) is 6.57. The fraction of sp³-hybridized carbons (Fsp3) is 0.0625. The highest BCUT2D eigenvalue weighted by molar-refractivity contribution is 6.05. The molecule has 2 amide bonds. The summed E-state index contributed by atoms with van der Waals surface area (Å²) in [6.45, 7) is 1.90. The predicted molar refractivity (Wildman–Crippen MR) is 97.9 cm³/mol. The smallest absolute Gasteiger partial charge is 0.307 e. The monoisotopic (exact) mass is 350 g/mol. The number of hydrogen-bond acceptors (Lipinski definition) is 3. The number of aromatic nitrogens is 2. The largest absolute Gasteiger partial charge is 0.323 e. The molecule has 23 heavy (non-hydrogen) atoms. The summed E-state index contributed by atoms with van der Waals surface area (Å²) in [7, 11) is 0. The number of benzene rings is 1. The Morgan fingerprint density at radius 1 is 1.04 bits per heavy atom. The molecule has 2 N–H and O–H groups in total. The molecule has 5 nitrogen and oxygen atoms in total. The number of carbonyl (C=O) groups is 1. The molecule has 2 heterocycles. The van der Waals surface area contributed by atoms with Crippen LogP contribution in [0.2, 0.25) is 0 Å². The van der Waals surface area contributed by atoms with E-state index in [2.05, 4.69) is 20.6 Å². The Morgan fingerprint density at radius 3 is 2.57 bits per heavy atom. The van der Waals surface area contributed by atoms with Crippen LogP contribution in [0.3, 0.4) is 0 Å². The number of carbonyl (C=O) groups excluding carboxylic acids is 1. The van der Waals surface area contributed by atoms with Gasteiger partial charge in [0.1, 0.15) is 0 Å². The number of anilines is 2. The second kappa shape index (κ2) is 8.31. The van der Waals surface area contributed by atoms with E-state index in [9.17, 15) is 4.79 Å². The van der Waals surface area contributed by atoms with E-state index in [0.29, 0.717) is 5.69 Å². The molecule has 0 unspecified atom stereocenters. The van der Waals surface area contributed by atoms with Gasteiger partial charge in [-0.2, -0.15) is 0 Å². The number of nitrogens with one attached hydrogen (secondary N) is 2. The van der Waals surface area contributed by atoms with E-state index in [1.54, 1.807) is 24.5 Å². The lowest BCUT2D eigenvalue weighted by molar-refractivity contribution is 0.262. The van der Waals surface area contributed by atoms with Crippen LogP contribution >= 0.6 is 24.8 Å². The standard InChI is InChI=1S/C16H14N4O.2ClH/c1-11-9-15(13-6-2-3-7-14(13)18-11)20-16(21)19-12-5-4-8-17-10-12;;/h2-10H,1H3,(H2,18,19,20,21);2*1H. The highest BCUT2D eigenvalue weighted by Crippen LogP contribution is 2.23. The number of halogens is 2. The molecule has 0 atom stereocenters. The SMILES string of the molecule is Cc1cc(NC(=O)Nc2cccnc2)c2ccccc2n1.Cl.Cl. The van der Waals surface area contributed by atoms with Crippen molar-refractivity contribution in [2.24, 2.45) is 0 Å². The van der Waals surface area contributed by atoms with Crippen molar-refractivity contribution in [1.82, 2.24) is 9.97 Å². The van der Waals surface area contributed by atoms with Crippen molar-refractivity contribution >= 4 is 53.1 Å².